The van der Waals surface area contributed by atoms with Crippen LogP contribution in [0.1, 0.15) is 22.9 Å². The maximum atomic E-state index is 13.9. The predicted molar refractivity (Wildman–Crippen MR) is 66.0 cm³/mol. The van der Waals surface area contributed by atoms with Crippen LogP contribution >= 0.6 is 0 Å². The van der Waals surface area contributed by atoms with Crippen molar-refractivity contribution in [3.63, 3.8) is 0 Å². The third kappa shape index (κ3) is 2.19. The summed E-state index contributed by atoms with van der Waals surface area (Å²) in [6.45, 7) is 1.65. The minimum atomic E-state index is -1.14. The molecule has 4 heteroatoms. The number of ether oxygens (including phenoxy) is 1. The number of pyridine rings is 1. The van der Waals surface area contributed by atoms with Crippen LogP contribution in [-0.4, -0.2) is 17.2 Å². The fourth-order valence-electron chi connectivity index (χ4n) is 1.81. The highest BCUT2D eigenvalue weighted by Crippen LogP contribution is 2.29. The van der Waals surface area contributed by atoms with Gasteiger partial charge in [-0.1, -0.05) is 18.2 Å². The standard InChI is InChI=1S/C14H14FNO2/c1-9-5-3-6-10(12(9)15)14(17)13-11(18-2)7-4-8-16-13/h3-8,14,17H,1-2H3. The van der Waals surface area contributed by atoms with Crippen LogP contribution in [0, 0.1) is 12.7 Å². The second-order valence-electron chi connectivity index (χ2n) is 3.97. The zero-order valence-electron chi connectivity index (χ0n) is 10.2. The maximum absolute atomic E-state index is 13.9. The first-order valence-electron chi connectivity index (χ1n) is 5.57. The lowest BCUT2D eigenvalue weighted by atomic mass is 10.0. The van der Waals surface area contributed by atoms with Crippen molar-refractivity contribution in [3.05, 3.63) is 59.2 Å². The molecule has 0 fully saturated rings. The Morgan fingerprint density at radius 1 is 1.28 bits per heavy atom. The molecular formula is C14H14FNO2. The van der Waals surface area contributed by atoms with E-state index >= 15 is 0 Å². The highest BCUT2D eigenvalue weighted by molar-refractivity contribution is 5.37. The van der Waals surface area contributed by atoms with E-state index in [1.807, 2.05) is 0 Å². The number of aliphatic hydroxyl groups excluding tert-OH is 1. The summed E-state index contributed by atoms with van der Waals surface area (Å²) in [5, 5.41) is 10.2. The summed E-state index contributed by atoms with van der Waals surface area (Å²) in [5.41, 5.74) is 0.998. The van der Waals surface area contributed by atoms with Crippen molar-refractivity contribution in [1.29, 1.82) is 0 Å². The van der Waals surface area contributed by atoms with Crippen LogP contribution < -0.4 is 4.74 Å². The summed E-state index contributed by atoms with van der Waals surface area (Å²) < 4.78 is 19.1. The molecule has 0 amide bonds. The Kier molecular flexibility index (Phi) is 3.58. The molecule has 1 heterocycles. The van der Waals surface area contributed by atoms with Crippen molar-refractivity contribution in [3.8, 4) is 5.75 Å². The smallest absolute Gasteiger partial charge is 0.143 e. The highest BCUT2D eigenvalue weighted by Gasteiger charge is 2.20. The summed E-state index contributed by atoms with van der Waals surface area (Å²) in [6.07, 6.45) is 0.399. The Bertz CT molecular complexity index is 557. The number of halogens is 1. The van der Waals surface area contributed by atoms with Gasteiger partial charge in [0.25, 0.3) is 0 Å². The van der Waals surface area contributed by atoms with E-state index in [-0.39, 0.29) is 5.56 Å². The van der Waals surface area contributed by atoms with Gasteiger partial charge in [0.2, 0.25) is 0 Å². The fraction of sp³-hybridized carbons (Fsp3) is 0.214. The van der Waals surface area contributed by atoms with Crippen LogP contribution in [0.4, 0.5) is 4.39 Å². The van der Waals surface area contributed by atoms with Gasteiger partial charge in [-0.25, -0.2) is 4.39 Å². The molecule has 3 nitrogen and oxygen atoms in total. The van der Waals surface area contributed by atoms with Gasteiger partial charge in [-0.05, 0) is 24.6 Å². The Labute approximate surface area is 105 Å². The van der Waals surface area contributed by atoms with Gasteiger partial charge in [0.15, 0.2) is 0 Å². The van der Waals surface area contributed by atoms with Crippen molar-refractivity contribution in [2.24, 2.45) is 0 Å². The second kappa shape index (κ2) is 5.14. The highest BCUT2D eigenvalue weighted by atomic mass is 19.1. The number of aryl methyl sites for hydroxylation is 1. The molecule has 2 aromatic rings. The maximum Gasteiger partial charge on any atom is 0.143 e. The van der Waals surface area contributed by atoms with E-state index in [1.165, 1.54) is 13.3 Å². The quantitative estimate of drug-likeness (QED) is 0.906. The fourth-order valence-corrected chi connectivity index (χ4v) is 1.81. The minimum Gasteiger partial charge on any atom is -0.495 e. The van der Waals surface area contributed by atoms with E-state index in [2.05, 4.69) is 4.98 Å². The molecule has 0 spiro atoms. The lowest BCUT2D eigenvalue weighted by Crippen LogP contribution is -2.07. The lowest BCUT2D eigenvalue weighted by Gasteiger charge is -2.15. The van der Waals surface area contributed by atoms with Crippen molar-refractivity contribution < 1.29 is 14.2 Å². The van der Waals surface area contributed by atoms with Gasteiger partial charge >= 0.3 is 0 Å². The summed E-state index contributed by atoms with van der Waals surface area (Å²) in [4.78, 5) is 4.05. The average molecular weight is 247 g/mol. The van der Waals surface area contributed by atoms with Gasteiger partial charge in [-0.3, -0.25) is 4.98 Å². The molecule has 1 N–H and O–H groups in total. The van der Waals surface area contributed by atoms with Crippen LogP contribution in [0.25, 0.3) is 0 Å². The van der Waals surface area contributed by atoms with Gasteiger partial charge in [0.05, 0.1) is 7.11 Å². The van der Waals surface area contributed by atoms with E-state index in [1.54, 1.807) is 37.3 Å². The van der Waals surface area contributed by atoms with Gasteiger partial charge < -0.3 is 9.84 Å². The van der Waals surface area contributed by atoms with Crippen LogP contribution in [0.3, 0.4) is 0 Å². The van der Waals surface area contributed by atoms with Crippen LogP contribution in [-0.2, 0) is 0 Å². The molecule has 1 aromatic carbocycles. The summed E-state index contributed by atoms with van der Waals surface area (Å²) in [7, 11) is 1.49. The predicted octanol–water partition coefficient (Wildman–Crippen LogP) is 2.62. The minimum absolute atomic E-state index is 0.201. The molecular weight excluding hydrogens is 233 g/mol. The van der Waals surface area contributed by atoms with Gasteiger partial charge in [-0.15, -0.1) is 0 Å². The molecule has 18 heavy (non-hydrogen) atoms. The molecule has 1 atom stereocenters. The largest absolute Gasteiger partial charge is 0.495 e. The Morgan fingerprint density at radius 2 is 2.06 bits per heavy atom. The monoisotopic (exact) mass is 247 g/mol. The van der Waals surface area contributed by atoms with Crippen molar-refractivity contribution in [1.82, 2.24) is 4.98 Å². The van der Waals surface area contributed by atoms with Crippen LogP contribution in [0.2, 0.25) is 0 Å². The first-order valence-corrected chi connectivity index (χ1v) is 5.57. The number of hydrogen-bond acceptors (Lipinski definition) is 3. The number of aliphatic hydroxyl groups is 1. The van der Waals surface area contributed by atoms with E-state index in [0.717, 1.165) is 0 Å². The number of rotatable bonds is 3. The summed E-state index contributed by atoms with van der Waals surface area (Å²) in [5.74, 6) is 0.0172. The van der Waals surface area contributed by atoms with Crippen LogP contribution in [0.5, 0.6) is 5.75 Å². The number of aromatic nitrogens is 1. The van der Waals surface area contributed by atoms with Crippen molar-refractivity contribution >= 4 is 0 Å². The Balaban J connectivity index is 2.48. The van der Waals surface area contributed by atoms with Crippen LogP contribution in [0.15, 0.2) is 36.5 Å². The average Bonchev–Trinajstić information content (AvgIpc) is 2.41. The van der Waals surface area contributed by atoms with E-state index < -0.39 is 11.9 Å². The summed E-state index contributed by atoms with van der Waals surface area (Å²) >= 11 is 0. The van der Waals surface area contributed by atoms with Gasteiger partial charge in [0.1, 0.15) is 23.4 Å². The molecule has 0 aliphatic carbocycles. The molecule has 0 saturated heterocycles. The van der Waals surface area contributed by atoms with E-state index in [4.69, 9.17) is 4.74 Å². The Hall–Kier alpha value is -1.94. The molecule has 2 rings (SSSR count). The third-order valence-electron chi connectivity index (χ3n) is 2.79. The number of nitrogens with zero attached hydrogens (tertiary/aromatic N) is 1. The van der Waals surface area contributed by atoms with E-state index in [9.17, 15) is 9.50 Å². The molecule has 94 valence electrons. The molecule has 0 aliphatic heterocycles. The lowest BCUT2D eigenvalue weighted by molar-refractivity contribution is 0.204. The molecule has 1 unspecified atom stereocenters. The van der Waals surface area contributed by atoms with Gasteiger partial charge in [0, 0.05) is 11.8 Å². The summed E-state index contributed by atoms with van der Waals surface area (Å²) in [6, 6.07) is 8.27. The normalized spacial score (nSPS) is 12.2. The SMILES string of the molecule is COc1cccnc1C(O)c1cccc(C)c1F. The second-order valence-corrected chi connectivity index (χ2v) is 3.97. The molecule has 0 saturated carbocycles. The molecule has 0 bridgehead atoms. The first kappa shape index (κ1) is 12.5. The van der Waals surface area contributed by atoms with Crippen molar-refractivity contribution in [2.45, 2.75) is 13.0 Å². The van der Waals surface area contributed by atoms with Crippen molar-refractivity contribution in [2.75, 3.05) is 7.11 Å². The Morgan fingerprint density at radius 3 is 2.78 bits per heavy atom. The zero-order chi connectivity index (χ0) is 13.1. The number of methoxy groups -OCH3 is 1. The van der Waals surface area contributed by atoms with E-state index in [0.29, 0.717) is 17.0 Å². The molecule has 0 radical (unpaired) electrons. The first-order chi connectivity index (χ1) is 8.65. The molecule has 0 aliphatic rings. The molecule has 1 aromatic heterocycles. The number of benzene rings is 1. The topological polar surface area (TPSA) is 42.4 Å². The zero-order valence-corrected chi connectivity index (χ0v) is 10.2. The number of hydrogen-bond donors (Lipinski definition) is 1. The third-order valence-corrected chi connectivity index (χ3v) is 2.79. The van der Waals surface area contributed by atoms with Gasteiger partial charge in [-0.2, -0.15) is 0 Å².